The molecule has 0 aromatic heterocycles. The number of ether oxygens (including phenoxy) is 2. The molecule has 1 aliphatic heterocycles. The molecule has 0 unspecified atom stereocenters. The molecular formula is C14H28O6. The number of hydrogen-bond acceptors (Lipinski definition) is 6. The van der Waals surface area contributed by atoms with E-state index in [2.05, 4.69) is 6.92 Å². The van der Waals surface area contributed by atoms with E-state index in [0.717, 1.165) is 19.3 Å². The van der Waals surface area contributed by atoms with Gasteiger partial charge in [-0.15, -0.1) is 0 Å². The van der Waals surface area contributed by atoms with Gasteiger partial charge in [0.2, 0.25) is 0 Å². The molecule has 0 amide bonds. The van der Waals surface area contributed by atoms with Crippen LogP contribution in [-0.4, -0.2) is 64.3 Å². The molecule has 4 N–H and O–H groups in total. The van der Waals surface area contributed by atoms with Gasteiger partial charge in [-0.2, -0.15) is 0 Å². The van der Waals surface area contributed by atoms with Gasteiger partial charge in [0.25, 0.3) is 0 Å². The molecule has 0 aromatic rings. The molecule has 1 saturated heterocycles. The van der Waals surface area contributed by atoms with E-state index in [1.54, 1.807) is 0 Å². The maximum Gasteiger partial charge on any atom is 0.186 e. The first-order chi connectivity index (χ1) is 9.61. The minimum atomic E-state index is -1.37. The summed E-state index contributed by atoms with van der Waals surface area (Å²) in [6.07, 6.45) is 0.851. The standard InChI is InChI=1S/C14H28O6/c1-2-3-4-5-6-7-8-19-14-13(18)12(17)11(16)10(9-15)20-14/h10-18H,2-9H2,1H3/t10-,11-,12-,13-,14+/m1/s1. The average molecular weight is 292 g/mol. The maximum atomic E-state index is 9.75. The predicted octanol–water partition coefficient (Wildman–Crippen LogP) is 0.163. The summed E-state index contributed by atoms with van der Waals surface area (Å²) in [5.41, 5.74) is 0. The maximum absolute atomic E-state index is 9.75. The first-order valence-corrected chi connectivity index (χ1v) is 7.54. The van der Waals surface area contributed by atoms with E-state index < -0.39 is 37.3 Å². The van der Waals surface area contributed by atoms with Crippen molar-refractivity contribution in [3.05, 3.63) is 0 Å². The monoisotopic (exact) mass is 292 g/mol. The number of rotatable bonds is 9. The van der Waals surface area contributed by atoms with Crippen molar-refractivity contribution in [3.8, 4) is 0 Å². The highest BCUT2D eigenvalue weighted by molar-refractivity contribution is 4.88. The number of aliphatic hydroxyl groups is 4. The van der Waals surface area contributed by atoms with Gasteiger partial charge >= 0.3 is 0 Å². The fourth-order valence-corrected chi connectivity index (χ4v) is 2.29. The van der Waals surface area contributed by atoms with Crippen molar-refractivity contribution in [2.24, 2.45) is 0 Å². The van der Waals surface area contributed by atoms with E-state index in [0.29, 0.717) is 6.61 Å². The van der Waals surface area contributed by atoms with E-state index in [-0.39, 0.29) is 0 Å². The third-order valence-electron chi connectivity index (χ3n) is 3.63. The van der Waals surface area contributed by atoms with Crippen LogP contribution >= 0.6 is 0 Å². The summed E-state index contributed by atoms with van der Waals surface area (Å²) >= 11 is 0. The first-order valence-electron chi connectivity index (χ1n) is 7.54. The zero-order chi connectivity index (χ0) is 15.0. The predicted molar refractivity (Wildman–Crippen MR) is 73.1 cm³/mol. The smallest absolute Gasteiger partial charge is 0.186 e. The fraction of sp³-hybridized carbons (Fsp3) is 1.00. The first kappa shape index (κ1) is 17.8. The molecule has 5 atom stereocenters. The summed E-state index contributed by atoms with van der Waals surface area (Å²) in [7, 11) is 0. The third-order valence-corrected chi connectivity index (χ3v) is 3.63. The van der Waals surface area contributed by atoms with Crippen LogP contribution in [-0.2, 0) is 9.47 Å². The van der Waals surface area contributed by atoms with E-state index in [1.165, 1.54) is 19.3 Å². The van der Waals surface area contributed by atoms with Crippen LogP contribution in [0.2, 0.25) is 0 Å². The molecule has 6 nitrogen and oxygen atoms in total. The van der Waals surface area contributed by atoms with Gasteiger partial charge in [-0.25, -0.2) is 0 Å². The minimum absolute atomic E-state index is 0.425. The summed E-state index contributed by atoms with van der Waals surface area (Å²) in [6, 6.07) is 0. The second kappa shape index (κ2) is 9.65. The molecule has 1 aliphatic rings. The van der Waals surface area contributed by atoms with Crippen molar-refractivity contribution >= 4 is 0 Å². The van der Waals surface area contributed by atoms with E-state index in [1.807, 2.05) is 0 Å². The lowest BCUT2D eigenvalue weighted by atomic mass is 9.99. The second-order valence-corrected chi connectivity index (χ2v) is 5.34. The summed E-state index contributed by atoms with van der Waals surface area (Å²) in [4.78, 5) is 0. The summed E-state index contributed by atoms with van der Waals surface area (Å²) in [6.45, 7) is 2.17. The molecule has 0 radical (unpaired) electrons. The SMILES string of the molecule is CCCCCCCCO[C@H]1O[C@H](CO)[C@@H](O)[C@@H](O)[C@H]1O. The Morgan fingerprint density at radius 2 is 1.55 bits per heavy atom. The van der Waals surface area contributed by atoms with Gasteiger partial charge in [0.1, 0.15) is 24.4 Å². The molecule has 0 spiro atoms. The van der Waals surface area contributed by atoms with Gasteiger partial charge in [-0.1, -0.05) is 39.0 Å². The number of hydrogen-bond donors (Lipinski definition) is 4. The molecular weight excluding hydrogens is 264 g/mol. The van der Waals surface area contributed by atoms with Gasteiger partial charge in [0.05, 0.1) is 6.61 Å². The van der Waals surface area contributed by atoms with Crippen LogP contribution in [0.1, 0.15) is 45.4 Å². The summed E-state index contributed by atoms with van der Waals surface area (Å²) < 4.78 is 10.6. The Kier molecular flexibility index (Phi) is 8.60. The largest absolute Gasteiger partial charge is 0.394 e. The molecule has 0 bridgehead atoms. The van der Waals surface area contributed by atoms with E-state index in [9.17, 15) is 15.3 Å². The number of aliphatic hydroxyl groups excluding tert-OH is 4. The van der Waals surface area contributed by atoms with Gasteiger partial charge < -0.3 is 29.9 Å². The lowest BCUT2D eigenvalue weighted by molar-refractivity contribution is -0.301. The second-order valence-electron chi connectivity index (χ2n) is 5.34. The quantitative estimate of drug-likeness (QED) is 0.452. The Hall–Kier alpha value is -0.240. The van der Waals surface area contributed by atoms with Crippen LogP contribution in [0.15, 0.2) is 0 Å². The van der Waals surface area contributed by atoms with Crippen molar-refractivity contribution < 1.29 is 29.9 Å². The lowest BCUT2D eigenvalue weighted by Gasteiger charge is -2.39. The Bertz CT molecular complexity index is 248. The number of unbranched alkanes of at least 4 members (excludes halogenated alkanes) is 5. The molecule has 6 heteroatoms. The van der Waals surface area contributed by atoms with Gasteiger partial charge in [-0.05, 0) is 6.42 Å². The van der Waals surface area contributed by atoms with Crippen molar-refractivity contribution in [3.63, 3.8) is 0 Å². The third kappa shape index (κ3) is 5.27. The van der Waals surface area contributed by atoms with Crippen molar-refractivity contribution in [1.82, 2.24) is 0 Å². The van der Waals surface area contributed by atoms with Crippen molar-refractivity contribution in [1.29, 1.82) is 0 Å². The highest BCUT2D eigenvalue weighted by Crippen LogP contribution is 2.22. The van der Waals surface area contributed by atoms with Crippen molar-refractivity contribution in [2.45, 2.75) is 76.2 Å². The lowest BCUT2D eigenvalue weighted by Crippen LogP contribution is -2.59. The topological polar surface area (TPSA) is 99.4 Å². The van der Waals surface area contributed by atoms with Crippen LogP contribution in [0.4, 0.5) is 0 Å². The van der Waals surface area contributed by atoms with Crippen LogP contribution in [0.5, 0.6) is 0 Å². The molecule has 120 valence electrons. The molecule has 0 aliphatic carbocycles. The van der Waals surface area contributed by atoms with Gasteiger partial charge in [-0.3, -0.25) is 0 Å². The Balaban J connectivity index is 2.21. The normalized spacial score (nSPS) is 34.4. The molecule has 1 rings (SSSR count). The minimum Gasteiger partial charge on any atom is -0.394 e. The average Bonchev–Trinajstić information content (AvgIpc) is 2.46. The highest BCUT2D eigenvalue weighted by atomic mass is 16.7. The summed E-state index contributed by atoms with van der Waals surface area (Å²) in [5.74, 6) is 0. The van der Waals surface area contributed by atoms with E-state index in [4.69, 9.17) is 14.6 Å². The molecule has 20 heavy (non-hydrogen) atoms. The zero-order valence-electron chi connectivity index (χ0n) is 12.1. The Morgan fingerprint density at radius 3 is 2.20 bits per heavy atom. The molecule has 1 fully saturated rings. The van der Waals surface area contributed by atoms with Crippen LogP contribution in [0.3, 0.4) is 0 Å². The molecule has 1 heterocycles. The zero-order valence-corrected chi connectivity index (χ0v) is 12.1. The van der Waals surface area contributed by atoms with Crippen LogP contribution < -0.4 is 0 Å². The molecule has 0 aromatic carbocycles. The van der Waals surface area contributed by atoms with Crippen molar-refractivity contribution in [2.75, 3.05) is 13.2 Å². The fourth-order valence-electron chi connectivity index (χ4n) is 2.29. The van der Waals surface area contributed by atoms with Crippen LogP contribution in [0, 0.1) is 0 Å². The Morgan fingerprint density at radius 1 is 0.900 bits per heavy atom. The molecule has 0 saturated carbocycles. The van der Waals surface area contributed by atoms with Gasteiger partial charge in [0.15, 0.2) is 6.29 Å². The van der Waals surface area contributed by atoms with Gasteiger partial charge in [0, 0.05) is 6.61 Å². The van der Waals surface area contributed by atoms with Crippen LogP contribution in [0.25, 0.3) is 0 Å². The summed E-state index contributed by atoms with van der Waals surface area (Å²) in [5, 5.41) is 38.0. The van der Waals surface area contributed by atoms with E-state index >= 15 is 0 Å². The Labute approximate surface area is 120 Å². The highest BCUT2D eigenvalue weighted by Gasteiger charge is 2.43.